The van der Waals surface area contributed by atoms with Crippen LogP contribution in [-0.4, -0.2) is 44.7 Å². The Labute approximate surface area is 126 Å². The Hall–Kier alpha value is -1.46. The highest BCUT2D eigenvalue weighted by Crippen LogP contribution is 2.24. The highest BCUT2D eigenvalue weighted by Gasteiger charge is 2.17. The number of methoxy groups -OCH3 is 2. The number of hydrogen-bond acceptors (Lipinski definition) is 4. The van der Waals surface area contributed by atoms with Crippen LogP contribution in [0.25, 0.3) is 0 Å². The number of likely N-dealkylation sites (N-methyl/N-ethyl adjacent to an activating group) is 1. The third-order valence-corrected chi connectivity index (χ3v) is 3.22. The minimum Gasteiger partial charge on any atom is -0.497 e. The lowest BCUT2D eigenvalue weighted by atomic mass is 10.1. The van der Waals surface area contributed by atoms with Crippen molar-refractivity contribution in [2.75, 3.05) is 27.8 Å². The molecule has 0 saturated carbocycles. The number of carbonyl (C=O) groups excluding carboxylic acids is 1. The smallest absolute Gasteiger partial charge is 0.227 e. The Balaban J connectivity index is 0.00000361. The fourth-order valence-electron chi connectivity index (χ4n) is 1.71. The maximum Gasteiger partial charge on any atom is 0.227 e. The van der Waals surface area contributed by atoms with Gasteiger partial charge in [0.1, 0.15) is 11.5 Å². The van der Waals surface area contributed by atoms with Crippen molar-refractivity contribution in [2.45, 2.75) is 19.4 Å². The van der Waals surface area contributed by atoms with Gasteiger partial charge in [0.2, 0.25) is 5.91 Å². The molecule has 0 aliphatic rings. The van der Waals surface area contributed by atoms with Gasteiger partial charge < -0.3 is 20.1 Å². The van der Waals surface area contributed by atoms with Crippen molar-refractivity contribution in [1.82, 2.24) is 4.90 Å². The summed E-state index contributed by atoms with van der Waals surface area (Å²) in [4.78, 5) is 13.8. The number of nitrogens with two attached hydrogens (primary N) is 1. The fraction of sp³-hybridized carbons (Fsp3) is 0.500. The molecule has 0 bridgehead atoms. The van der Waals surface area contributed by atoms with E-state index in [9.17, 15) is 4.79 Å². The zero-order valence-electron chi connectivity index (χ0n) is 12.4. The van der Waals surface area contributed by atoms with E-state index in [0.717, 1.165) is 5.56 Å². The van der Waals surface area contributed by atoms with Crippen molar-refractivity contribution in [3.05, 3.63) is 23.8 Å². The predicted octanol–water partition coefficient (Wildman–Crippen LogP) is 1.47. The van der Waals surface area contributed by atoms with E-state index in [0.29, 0.717) is 18.0 Å². The molecule has 2 N–H and O–H groups in total. The van der Waals surface area contributed by atoms with Crippen LogP contribution in [0.4, 0.5) is 0 Å². The first-order valence-electron chi connectivity index (χ1n) is 6.20. The summed E-state index contributed by atoms with van der Waals surface area (Å²) in [5.74, 6) is 1.39. The van der Waals surface area contributed by atoms with Crippen LogP contribution in [0.1, 0.15) is 12.5 Å². The number of rotatable bonds is 6. The van der Waals surface area contributed by atoms with Crippen molar-refractivity contribution in [3.63, 3.8) is 0 Å². The van der Waals surface area contributed by atoms with Crippen LogP contribution >= 0.6 is 12.4 Å². The van der Waals surface area contributed by atoms with Gasteiger partial charge in [0.15, 0.2) is 0 Å². The van der Waals surface area contributed by atoms with Crippen LogP contribution < -0.4 is 15.2 Å². The van der Waals surface area contributed by atoms with Gasteiger partial charge >= 0.3 is 0 Å². The van der Waals surface area contributed by atoms with Crippen molar-refractivity contribution < 1.29 is 14.3 Å². The first kappa shape index (κ1) is 18.5. The van der Waals surface area contributed by atoms with Crippen LogP contribution in [0.2, 0.25) is 0 Å². The third kappa shape index (κ3) is 4.58. The molecule has 1 unspecified atom stereocenters. The molecule has 0 aliphatic carbocycles. The molecule has 114 valence electrons. The van der Waals surface area contributed by atoms with Crippen LogP contribution in [-0.2, 0) is 11.2 Å². The minimum atomic E-state index is 0. The molecule has 5 nitrogen and oxygen atoms in total. The summed E-state index contributed by atoms with van der Waals surface area (Å²) in [6.45, 7) is 2.36. The quantitative estimate of drug-likeness (QED) is 0.864. The number of carbonyl (C=O) groups is 1. The predicted molar refractivity (Wildman–Crippen MR) is 81.8 cm³/mol. The molecule has 0 fully saturated rings. The van der Waals surface area contributed by atoms with E-state index >= 15 is 0 Å². The largest absolute Gasteiger partial charge is 0.497 e. The average molecular weight is 303 g/mol. The van der Waals surface area contributed by atoms with Gasteiger partial charge in [-0.1, -0.05) is 0 Å². The van der Waals surface area contributed by atoms with E-state index in [1.807, 2.05) is 13.0 Å². The number of ether oxygens (including phenoxy) is 2. The van der Waals surface area contributed by atoms with Gasteiger partial charge in [-0.05, 0) is 25.1 Å². The van der Waals surface area contributed by atoms with E-state index in [2.05, 4.69) is 0 Å². The maximum absolute atomic E-state index is 12.2. The van der Waals surface area contributed by atoms with E-state index in [1.54, 1.807) is 38.3 Å². The molecule has 1 amide bonds. The molecule has 0 aliphatic heterocycles. The highest BCUT2D eigenvalue weighted by atomic mass is 35.5. The molecule has 1 atom stereocenters. The standard InChI is InChI=1S/C14H22N2O3.ClH/c1-10(9-15)16(2)14(17)8-11-7-12(18-3)5-6-13(11)19-4;/h5-7,10H,8-9,15H2,1-4H3;1H. The molecule has 1 aromatic rings. The van der Waals surface area contributed by atoms with Gasteiger partial charge in [-0.2, -0.15) is 0 Å². The SMILES string of the molecule is COc1ccc(OC)c(CC(=O)N(C)C(C)CN)c1.Cl. The highest BCUT2D eigenvalue weighted by molar-refractivity contribution is 5.85. The summed E-state index contributed by atoms with van der Waals surface area (Å²) < 4.78 is 10.4. The third-order valence-electron chi connectivity index (χ3n) is 3.22. The zero-order chi connectivity index (χ0) is 14.4. The monoisotopic (exact) mass is 302 g/mol. The molecule has 1 rings (SSSR count). The maximum atomic E-state index is 12.2. The van der Waals surface area contributed by atoms with E-state index in [-0.39, 0.29) is 30.8 Å². The minimum absolute atomic E-state index is 0. The van der Waals surface area contributed by atoms with E-state index < -0.39 is 0 Å². The summed E-state index contributed by atoms with van der Waals surface area (Å²) in [5, 5.41) is 0. The fourth-order valence-corrected chi connectivity index (χ4v) is 1.71. The van der Waals surface area contributed by atoms with Crippen molar-refractivity contribution in [3.8, 4) is 11.5 Å². The van der Waals surface area contributed by atoms with E-state index in [4.69, 9.17) is 15.2 Å². The summed E-state index contributed by atoms with van der Waals surface area (Å²) in [5.41, 5.74) is 6.38. The number of nitrogens with zero attached hydrogens (tertiary/aromatic N) is 1. The van der Waals surface area contributed by atoms with Crippen molar-refractivity contribution in [2.24, 2.45) is 5.73 Å². The first-order valence-corrected chi connectivity index (χ1v) is 6.20. The van der Waals surface area contributed by atoms with Crippen molar-refractivity contribution >= 4 is 18.3 Å². The number of hydrogen-bond donors (Lipinski definition) is 1. The molecule has 0 aromatic heterocycles. The Morgan fingerprint density at radius 1 is 1.35 bits per heavy atom. The number of benzene rings is 1. The van der Waals surface area contributed by atoms with Crippen LogP contribution in [0.5, 0.6) is 11.5 Å². The molecule has 20 heavy (non-hydrogen) atoms. The molecule has 0 saturated heterocycles. The lowest BCUT2D eigenvalue weighted by Gasteiger charge is -2.24. The van der Waals surface area contributed by atoms with Gasteiger partial charge in [0.05, 0.1) is 20.6 Å². The van der Waals surface area contributed by atoms with Gasteiger partial charge in [0.25, 0.3) is 0 Å². The lowest BCUT2D eigenvalue weighted by molar-refractivity contribution is -0.130. The normalized spacial score (nSPS) is 11.2. The summed E-state index contributed by atoms with van der Waals surface area (Å²) in [6, 6.07) is 5.44. The molecule has 6 heteroatoms. The molecule has 1 aromatic carbocycles. The van der Waals surface area contributed by atoms with Crippen LogP contribution in [0, 0.1) is 0 Å². The van der Waals surface area contributed by atoms with E-state index in [1.165, 1.54) is 0 Å². The molecule has 0 radical (unpaired) electrons. The molecular formula is C14H23ClN2O3. The average Bonchev–Trinajstić information content (AvgIpc) is 2.45. The summed E-state index contributed by atoms with van der Waals surface area (Å²) >= 11 is 0. The van der Waals surface area contributed by atoms with Crippen molar-refractivity contribution in [1.29, 1.82) is 0 Å². The van der Waals surface area contributed by atoms with Gasteiger partial charge in [-0.25, -0.2) is 0 Å². The Bertz CT molecular complexity index is 440. The van der Waals surface area contributed by atoms with Gasteiger partial charge in [-0.3, -0.25) is 4.79 Å². The first-order chi connectivity index (χ1) is 9.03. The Morgan fingerprint density at radius 3 is 2.50 bits per heavy atom. The number of halogens is 1. The second-order valence-electron chi connectivity index (χ2n) is 4.44. The molecule has 0 spiro atoms. The Kier molecular flexibility index (Phi) is 8.03. The Morgan fingerprint density at radius 2 is 2.00 bits per heavy atom. The van der Waals surface area contributed by atoms with Gasteiger partial charge in [0, 0.05) is 25.2 Å². The molecular weight excluding hydrogens is 280 g/mol. The second-order valence-corrected chi connectivity index (χ2v) is 4.44. The molecule has 0 heterocycles. The van der Waals surface area contributed by atoms with Crippen LogP contribution in [0.3, 0.4) is 0 Å². The van der Waals surface area contributed by atoms with Crippen LogP contribution in [0.15, 0.2) is 18.2 Å². The summed E-state index contributed by atoms with van der Waals surface area (Å²) in [6.07, 6.45) is 0.265. The lowest BCUT2D eigenvalue weighted by Crippen LogP contribution is -2.40. The second kappa shape index (κ2) is 8.66. The number of amides is 1. The zero-order valence-corrected chi connectivity index (χ0v) is 13.2. The van der Waals surface area contributed by atoms with Gasteiger partial charge in [-0.15, -0.1) is 12.4 Å². The summed E-state index contributed by atoms with van der Waals surface area (Å²) in [7, 11) is 4.94. The topological polar surface area (TPSA) is 64.8 Å².